The van der Waals surface area contributed by atoms with E-state index in [4.69, 9.17) is 0 Å². The summed E-state index contributed by atoms with van der Waals surface area (Å²) in [5.74, 6) is 0.945. The van der Waals surface area contributed by atoms with Crippen LogP contribution in [0.5, 0.6) is 0 Å². The predicted molar refractivity (Wildman–Crippen MR) is 78.6 cm³/mol. The van der Waals surface area contributed by atoms with Crippen LogP contribution in [0.25, 0.3) is 0 Å². The van der Waals surface area contributed by atoms with Crippen LogP contribution in [0.1, 0.15) is 25.3 Å². The maximum absolute atomic E-state index is 12.5. The smallest absolute Gasteiger partial charge is 0.246 e. The number of piperazine rings is 1. The van der Waals surface area contributed by atoms with Crippen molar-refractivity contribution in [3.05, 3.63) is 23.9 Å². The Balaban J connectivity index is 1.73. The van der Waals surface area contributed by atoms with Crippen LogP contribution in [0.3, 0.4) is 0 Å². The molecule has 2 aliphatic heterocycles. The third kappa shape index (κ3) is 2.70. The number of carbonyl (C=O) groups excluding carboxylic acids is 2. The van der Waals surface area contributed by atoms with Crippen molar-refractivity contribution in [2.75, 3.05) is 25.0 Å². The average molecular weight is 288 g/mol. The Kier molecular flexibility index (Phi) is 3.77. The standard InChI is InChI=1S/C15H20N4O2/c1-2-16-13-8-11(5-6-17-13)9-18-10-14(20)19-7-3-4-12(19)15(18)21/h5-6,8,12H,2-4,7,9-10H2,1H3,(H,16,17). The monoisotopic (exact) mass is 288 g/mol. The molecule has 21 heavy (non-hydrogen) atoms. The molecule has 0 spiro atoms. The first-order valence-electron chi connectivity index (χ1n) is 7.46. The first-order valence-corrected chi connectivity index (χ1v) is 7.46. The Morgan fingerprint density at radius 1 is 1.43 bits per heavy atom. The lowest BCUT2D eigenvalue weighted by Gasteiger charge is -2.36. The van der Waals surface area contributed by atoms with Crippen molar-refractivity contribution >= 4 is 17.6 Å². The molecule has 2 fully saturated rings. The van der Waals surface area contributed by atoms with E-state index in [1.54, 1.807) is 16.0 Å². The highest BCUT2D eigenvalue weighted by Gasteiger charge is 2.41. The highest BCUT2D eigenvalue weighted by atomic mass is 16.2. The summed E-state index contributed by atoms with van der Waals surface area (Å²) in [6.45, 7) is 4.19. The third-order valence-electron chi connectivity index (χ3n) is 4.05. The van der Waals surface area contributed by atoms with Gasteiger partial charge in [0.05, 0.1) is 0 Å². The maximum Gasteiger partial charge on any atom is 0.246 e. The molecule has 2 saturated heterocycles. The minimum Gasteiger partial charge on any atom is -0.370 e. The first-order chi connectivity index (χ1) is 10.2. The lowest BCUT2D eigenvalue weighted by molar-refractivity contribution is -0.154. The molecule has 112 valence electrons. The van der Waals surface area contributed by atoms with E-state index < -0.39 is 0 Å². The summed E-state index contributed by atoms with van der Waals surface area (Å²) in [5, 5.41) is 3.15. The molecule has 0 bridgehead atoms. The lowest BCUT2D eigenvalue weighted by atomic mass is 10.1. The fourth-order valence-corrected chi connectivity index (χ4v) is 3.07. The molecule has 3 rings (SSSR count). The Morgan fingerprint density at radius 3 is 3.10 bits per heavy atom. The van der Waals surface area contributed by atoms with Gasteiger partial charge in [-0.3, -0.25) is 9.59 Å². The number of aromatic nitrogens is 1. The molecule has 3 heterocycles. The topological polar surface area (TPSA) is 65.5 Å². The summed E-state index contributed by atoms with van der Waals surface area (Å²) in [5.41, 5.74) is 0.994. The summed E-state index contributed by atoms with van der Waals surface area (Å²) in [6.07, 6.45) is 3.45. The number of hydrogen-bond acceptors (Lipinski definition) is 4. The van der Waals surface area contributed by atoms with Gasteiger partial charge in [0.2, 0.25) is 11.8 Å². The van der Waals surface area contributed by atoms with Gasteiger partial charge < -0.3 is 15.1 Å². The van der Waals surface area contributed by atoms with Crippen molar-refractivity contribution < 1.29 is 9.59 Å². The van der Waals surface area contributed by atoms with Crippen molar-refractivity contribution in [1.29, 1.82) is 0 Å². The second kappa shape index (κ2) is 5.71. The van der Waals surface area contributed by atoms with Crippen molar-refractivity contribution in [2.24, 2.45) is 0 Å². The zero-order chi connectivity index (χ0) is 14.8. The zero-order valence-corrected chi connectivity index (χ0v) is 12.2. The number of hydrogen-bond donors (Lipinski definition) is 1. The van der Waals surface area contributed by atoms with Crippen LogP contribution in [0.15, 0.2) is 18.3 Å². The Bertz CT molecular complexity index is 560. The first kappa shape index (κ1) is 13.9. The Morgan fingerprint density at radius 2 is 2.29 bits per heavy atom. The van der Waals surface area contributed by atoms with E-state index in [-0.39, 0.29) is 24.4 Å². The van der Waals surface area contributed by atoms with Gasteiger partial charge in [-0.15, -0.1) is 0 Å². The van der Waals surface area contributed by atoms with E-state index in [0.29, 0.717) is 6.54 Å². The van der Waals surface area contributed by atoms with Gasteiger partial charge in [0.15, 0.2) is 0 Å². The van der Waals surface area contributed by atoms with Gasteiger partial charge in [-0.2, -0.15) is 0 Å². The molecule has 2 aliphatic rings. The number of pyridine rings is 1. The van der Waals surface area contributed by atoms with E-state index in [9.17, 15) is 9.59 Å². The summed E-state index contributed by atoms with van der Waals surface area (Å²) in [4.78, 5) is 32.2. The quantitative estimate of drug-likeness (QED) is 0.892. The summed E-state index contributed by atoms with van der Waals surface area (Å²) in [6, 6.07) is 3.59. The minimum absolute atomic E-state index is 0.0677. The molecule has 0 radical (unpaired) electrons. The molecular formula is C15H20N4O2. The third-order valence-corrected chi connectivity index (χ3v) is 4.05. The molecule has 1 aromatic rings. The van der Waals surface area contributed by atoms with Gasteiger partial charge in [0.1, 0.15) is 18.4 Å². The highest BCUT2D eigenvalue weighted by molar-refractivity contribution is 5.95. The second-order valence-electron chi connectivity index (χ2n) is 5.52. The minimum atomic E-state index is -0.235. The van der Waals surface area contributed by atoms with Crippen LogP contribution in [-0.2, 0) is 16.1 Å². The molecular weight excluding hydrogens is 268 g/mol. The van der Waals surface area contributed by atoms with Gasteiger partial charge in [-0.25, -0.2) is 4.98 Å². The Labute approximate surface area is 124 Å². The van der Waals surface area contributed by atoms with Gasteiger partial charge in [-0.05, 0) is 37.5 Å². The molecule has 6 heteroatoms. The van der Waals surface area contributed by atoms with Crippen molar-refractivity contribution in [3.63, 3.8) is 0 Å². The molecule has 0 aromatic carbocycles. The fraction of sp³-hybridized carbons (Fsp3) is 0.533. The number of nitrogens with zero attached hydrogens (tertiary/aromatic N) is 3. The average Bonchev–Trinajstić information content (AvgIpc) is 2.95. The number of rotatable bonds is 4. The number of carbonyl (C=O) groups is 2. The largest absolute Gasteiger partial charge is 0.370 e. The summed E-state index contributed by atoms with van der Waals surface area (Å²) in [7, 11) is 0. The van der Waals surface area contributed by atoms with Gasteiger partial charge in [0, 0.05) is 25.8 Å². The number of amides is 2. The van der Waals surface area contributed by atoms with Crippen molar-refractivity contribution in [3.8, 4) is 0 Å². The predicted octanol–water partition coefficient (Wildman–Crippen LogP) is 0.847. The summed E-state index contributed by atoms with van der Waals surface area (Å²) >= 11 is 0. The van der Waals surface area contributed by atoms with E-state index in [1.807, 2.05) is 19.1 Å². The fourth-order valence-electron chi connectivity index (χ4n) is 3.07. The molecule has 1 atom stereocenters. The van der Waals surface area contributed by atoms with Crippen LogP contribution < -0.4 is 5.32 Å². The highest BCUT2D eigenvalue weighted by Crippen LogP contribution is 2.24. The second-order valence-corrected chi connectivity index (χ2v) is 5.52. The van der Waals surface area contributed by atoms with Crippen LogP contribution in [0.2, 0.25) is 0 Å². The van der Waals surface area contributed by atoms with E-state index in [2.05, 4.69) is 10.3 Å². The normalized spacial score (nSPS) is 21.7. The van der Waals surface area contributed by atoms with Crippen LogP contribution in [0, 0.1) is 0 Å². The molecule has 1 N–H and O–H groups in total. The molecule has 2 amide bonds. The van der Waals surface area contributed by atoms with Gasteiger partial charge in [0.25, 0.3) is 0 Å². The van der Waals surface area contributed by atoms with E-state index in [0.717, 1.165) is 37.3 Å². The van der Waals surface area contributed by atoms with Crippen LogP contribution in [-0.4, -0.2) is 52.3 Å². The van der Waals surface area contributed by atoms with Gasteiger partial charge in [-0.1, -0.05) is 0 Å². The molecule has 6 nitrogen and oxygen atoms in total. The Hall–Kier alpha value is -2.11. The molecule has 0 aliphatic carbocycles. The van der Waals surface area contributed by atoms with Crippen LogP contribution >= 0.6 is 0 Å². The molecule has 0 saturated carbocycles. The SMILES string of the molecule is CCNc1cc(CN2CC(=O)N3CCCC3C2=O)ccn1. The zero-order valence-electron chi connectivity index (χ0n) is 12.2. The number of fused-ring (bicyclic) bond motifs is 1. The van der Waals surface area contributed by atoms with Crippen molar-refractivity contribution in [1.82, 2.24) is 14.8 Å². The van der Waals surface area contributed by atoms with Crippen LogP contribution in [0.4, 0.5) is 5.82 Å². The van der Waals surface area contributed by atoms with Gasteiger partial charge >= 0.3 is 0 Å². The molecule has 1 aromatic heterocycles. The maximum atomic E-state index is 12.5. The van der Waals surface area contributed by atoms with E-state index >= 15 is 0 Å². The number of anilines is 1. The lowest BCUT2D eigenvalue weighted by Crippen LogP contribution is -2.56. The number of nitrogens with one attached hydrogen (secondary N) is 1. The molecule has 1 unspecified atom stereocenters. The van der Waals surface area contributed by atoms with Crippen molar-refractivity contribution in [2.45, 2.75) is 32.4 Å². The van der Waals surface area contributed by atoms with E-state index in [1.165, 1.54) is 0 Å². The summed E-state index contributed by atoms with van der Waals surface area (Å²) < 4.78 is 0.